The maximum absolute atomic E-state index is 11.5. The van der Waals surface area contributed by atoms with Gasteiger partial charge in [0.25, 0.3) is 0 Å². The fourth-order valence-electron chi connectivity index (χ4n) is 2.81. The first-order chi connectivity index (χ1) is 9.58. The number of aldehydes is 1. The van der Waals surface area contributed by atoms with E-state index in [-0.39, 0.29) is 11.5 Å². The molecule has 1 aromatic rings. The van der Waals surface area contributed by atoms with E-state index in [0.717, 1.165) is 36.3 Å². The molecule has 2 rings (SSSR count). The number of ether oxygens (including phenoxy) is 1. The van der Waals surface area contributed by atoms with E-state index in [1.54, 1.807) is 0 Å². The Balaban J connectivity index is 2.09. The van der Waals surface area contributed by atoms with Crippen LogP contribution in [0.4, 0.5) is 0 Å². The number of nitrogens with zero attached hydrogens (tertiary/aromatic N) is 1. The highest BCUT2D eigenvalue weighted by molar-refractivity contribution is 6.31. The standard InChI is InChI=1S/C16H22ClNO2/c1-13(14-6-3-4-7-15(14)17)18(2)10-16(11-19)8-5-9-20-12-16/h3-4,6-7,11,13H,5,8-10,12H2,1-2H3. The van der Waals surface area contributed by atoms with Crippen molar-refractivity contribution in [3.8, 4) is 0 Å². The molecule has 0 N–H and O–H groups in total. The Kier molecular flexibility index (Phi) is 5.19. The minimum atomic E-state index is -0.373. The van der Waals surface area contributed by atoms with Crippen LogP contribution in [-0.2, 0) is 9.53 Å². The third kappa shape index (κ3) is 3.40. The third-order valence-electron chi connectivity index (χ3n) is 4.18. The van der Waals surface area contributed by atoms with Gasteiger partial charge in [0, 0.05) is 24.2 Å². The van der Waals surface area contributed by atoms with Crippen molar-refractivity contribution < 1.29 is 9.53 Å². The lowest BCUT2D eigenvalue weighted by Crippen LogP contribution is -2.43. The molecule has 0 radical (unpaired) electrons. The molecule has 1 heterocycles. The van der Waals surface area contributed by atoms with E-state index in [9.17, 15) is 4.79 Å². The molecular weight excluding hydrogens is 274 g/mol. The Bertz CT molecular complexity index is 458. The molecule has 0 bridgehead atoms. The summed E-state index contributed by atoms with van der Waals surface area (Å²) in [6.45, 7) is 4.10. The Morgan fingerprint density at radius 1 is 1.50 bits per heavy atom. The number of halogens is 1. The van der Waals surface area contributed by atoms with Crippen molar-refractivity contribution in [2.75, 3.05) is 26.8 Å². The van der Waals surface area contributed by atoms with Crippen molar-refractivity contribution in [3.05, 3.63) is 34.9 Å². The van der Waals surface area contributed by atoms with Crippen LogP contribution in [0.25, 0.3) is 0 Å². The summed E-state index contributed by atoms with van der Waals surface area (Å²) < 4.78 is 5.50. The molecule has 0 spiro atoms. The highest BCUT2D eigenvalue weighted by atomic mass is 35.5. The second-order valence-corrected chi connectivity index (χ2v) is 6.16. The average Bonchev–Trinajstić information content (AvgIpc) is 2.48. The molecule has 1 aromatic carbocycles. The van der Waals surface area contributed by atoms with E-state index in [0.29, 0.717) is 13.2 Å². The lowest BCUT2D eigenvalue weighted by Gasteiger charge is -2.37. The SMILES string of the molecule is CC(c1ccccc1Cl)N(C)CC1(C=O)CCCOC1. The number of hydrogen-bond acceptors (Lipinski definition) is 3. The predicted molar refractivity (Wildman–Crippen MR) is 81.0 cm³/mol. The van der Waals surface area contributed by atoms with E-state index in [1.807, 2.05) is 31.3 Å². The predicted octanol–water partition coefficient (Wildman–Crippen LogP) is 3.33. The minimum absolute atomic E-state index is 0.169. The molecule has 110 valence electrons. The van der Waals surface area contributed by atoms with Gasteiger partial charge < -0.3 is 9.53 Å². The third-order valence-corrected chi connectivity index (χ3v) is 4.53. The Labute approximate surface area is 125 Å². The van der Waals surface area contributed by atoms with Crippen molar-refractivity contribution in [1.29, 1.82) is 0 Å². The molecule has 0 aromatic heterocycles. The summed E-state index contributed by atoms with van der Waals surface area (Å²) in [7, 11) is 2.04. The van der Waals surface area contributed by atoms with E-state index < -0.39 is 0 Å². The van der Waals surface area contributed by atoms with Gasteiger partial charge in [-0.1, -0.05) is 29.8 Å². The van der Waals surface area contributed by atoms with Crippen molar-refractivity contribution in [3.63, 3.8) is 0 Å². The summed E-state index contributed by atoms with van der Waals surface area (Å²) in [5, 5.41) is 0.770. The van der Waals surface area contributed by atoms with Crippen LogP contribution in [0.3, 0.4) is 0 Å². The molecule has 4 heteroatoms. The summed E-state index contributed by atoms with van der Waals surface area (Å²) in [5.41, 5.74) is 0.720. The molecule has 20 heavy (non-hydrogen) atoms. The molecular formula is C16H22ClNO2. The number of hydrogen-bond donors (Lipinski definition) is 0. The molecule has 2 unspecified atom stereocenters. The number of carbonyl (C=O) groups excluding carboxylic acids is 1. The second-order valence-electron chi connectivity index (χ2n) is 5.75. The van der Waals surface area contributed by atoms with Gasteiger partial charge in [0.1, 0.15) is 6.29 Å². The van der Waals surface area contributed by atoms with Gasteiger partial charge in [-0.3, -0.25) is 4.90 Å². The first kappa shape index (κ1) is 15.5. The molecule has 3 nitrogen and oxygen atoms in total. The van der Waals surface area contributed by atoms with Gasteiger partial charge in [-0.25, -0.2) is 0 Å². The zero-order valence-corrected chi connectivity index (χ0v) is 12.9. The fraction of sp³-hybridized carbons (Fsp3) is 0.562. The average molecular weight is 296 g/mol. The Morgan fingerprint density at radius 2 is 2.25 bits per heavy atom. The smallest absolute Gasteiger partial charge is 0.129 e. The molecule has 2 atom stereocenters. The van der Waals surface area contributed by atoms with E-state index >= 15 is 0 Å². The van der Waals surface area contributed by atoms with E-state index in [1.165, 1.54) is 0 Å². The van der Waals surface area contributed by atoms with Crippen molar-refractivity contribution in [1.82, 2.24) is 4.90 Å². The minimum Gasteiger partial charge on any atom is -0.380 e. The topological polar surface area (TPSA) is 29.5 Å². The van der Waals surface area contributed by atoms with Gasteiger partial charge >= 0.3 is 0 Å². The zero-order chi connectivity index (χ0) is 14.6. The zero-order valence-electron chi connectivity index (χ0n) is 12.1. The maximum atomic E-state index is 11.5. The molecule has 1 aliphatic rings. The molecule has 1 aliphatic heterocycles. The van der Waals surface area contributed by atoms with Crippen LogP contribution < -0.4 is 0 Å². The number of carbonyl (C=O) groups is 1. The highest BCUT2D eigenvalue weighted by Crippen LogP contribution is 2.32. The van der Waals surface area contributed by atoms with Crippen LogP contribution in [-0.4, -0.2) is 38.0 Å². The van der Waals surface area contributed by atoms with Gasteiger partial charge in [-0.2, -0.15) is 0 Å². The first-order valence-corrected chi connectivity index (χ1v) is 7.44. The molecule has 1 fully saturated rings. The summed E-state index contributed by atoms with van der Waals surface area (Å²) in [5.74, 6) is 0. The van der Waals surface area contributed by atoms with Gasteiger partial charge in [0.05, 0.1) is 12.0 Å². The molecule has 0 aliphatic carbocycles. The van der Waals surface area contributed by atoms with E-state index in [2.05, 4.69) is 11.8 Å². The van der Waals surface area contributed by atoms with Crippen LogP contribution in [0, 0.1) is 5.41 Å². The monoisotopic (exact) mass is 295 g/mol. The summed E-state index contributed by atoms with van der Waals surface area (Å²) in [6, 6.07) is 8.03. The first-order valence-electron chi connectivity index (χ1n) is 7.07. The lowest BCUT2D eigenvalue weighted by atomic mass is 9.83. The summed E-state index contributed by atoms with van der Waals surface area (Å²) >= 11 is 6.25. The van der Waals surface area contributed by atoms with Gasteiger partial charge in [-0.05, 0) is 38.4 Å². The van der Waals surface area contributed by atoms with Crippen LogP contribution in [0.1, 0.15) is 31.4 Å². The molecule has 1 saturated heterocycles. The Hall–Kier alpha value is -0.900. The largest absolute Gasteiger partial charge is 0.380 e. The highest BCUT2D eigenvalue weighted by Gasteiger charge is 2.35. The summed E-state index contributed by atoms with van der Waals surface area (Å²) in [4.78, 5) is 13.7. The van der Waals surface area contributed by atoms with Gasteiger partial charge in [-0.15, -0.1) is 0 Å². The van der Waals surface area contributed by atoms with Crippen LogP contribution in [0.15, 0.2) is 24.3 Å². The fourth-order valence-corrected chi connectivity index (χ4v) is 3.11. The van der Waals surface area contributed by atoms with Crippen molar-refractivity contribution in [2.45, 2.75) is 25.8 Å². The normalized spacial score (nSPS) is 24.6. The van der Waals surface area contributed by atoms with E-state index in [4.69, 9.17) is 16.3 Å². The lowest BCUT2D eigenvalue weighted by molar-refractivity contribution is -0.125. The van der Waals surface area contributed by atoms with Gasteiger partial charge in [0.2, 0.25) is 0 Å². The maximum Gasteiger partial charge on any atom is 0.129 e. The summed E-state index contributed by atoms with van der Waals surface area (Å²) in [6.07, 6.45) is 2.92. The second kappa shape index (κ2) is 6.70. The molecule has 0 amide bonds. The van der Waals surface area contributed by atoms with Crippen molar-refractivity contribution in [2.24, 2.45) is 5.41 Å². The van der Waals surface area contributed by atoms with Crippen LogP contribution >= 0.6 is 11.6 Å². The van der Waals surface area contributed by atoms with Crippen LogP contribution in [0.2, 0.25) is 5.02 Å². The molecule has 0 saturated carbocycles. The van der Waals surface area contributed by atoms with Crippen molar-refractivity contribution >= 4 is 17.9 Å². The van der Waals surface area contributed by atoms with Crippen LogP contribution in [0.5, 0.6) is 0 Å². The van der Waals surface area contributed by atoms with Gasteiger partial charge in [0.15, 0.2) is 0 Å². The number of benzene rings is 1. The Morgan fingerprint density at radius 3 is 2.85 bits per heavy atom. The number of rotatable bonds is 5. The quantitative estimate of drug-likeness (QED) is 0.781.